The summed E-state index contributed by atoms with van der Waals surface area (Å²) in [5, 5.41) is 2.74. The number of benzene rings is 2. The molecule has 2 atom stereocenters. The number of methoxy groups -OCH3 is 1. The lowest BCUT2D eigenvalue weighted by Gasteiger charge is -2.39. The SMILES string of the molecule is COc1ccc(C2C(CNC(=O)c3cc(F)c(F)c(F)c3)CCCN2C)cc1. The van der Waals surface area contributed by atoms with Gasteiger partial charge in [0, 0.05) is 18.2 Å². The Morgan fingerprint density at radius 1 is 1.18 bits per heavy atom. The highest BCUT2D eigenvalue weighted by Crippen LogP contribution is 2.35. The minimum Gasteiger partial charge on any atom is -0.497 e. The number of hydrogen-bond donors (Lipinski definition) is 1. The molecule has 1 aliphatic rings. The van der Waals surface area contributed by atoms with Gasteiger partial charge in [-0.15, -0.1) is 0 Å². The maximum Gasteiger partial charge on any atom is 0.251 e. The van der Waals surface area contributed by atoms with E-state index in [1.54, 1.807) is 7.11 Å². The van der Waals surface area contributed by atoms with Gasteiger partial charge in [0.05, 0.1) is 7.11 Å². The van der Waals surface area contributed by atoms with Crippen LogP contribution in [-0.4, -0.2) is 38.1 Å². The molecule has 0 aromatic heterocycles. The zero-order valence-corrected chi connectivity index (χ0v) is 15.8. The molecule has 1 fully saturated rings. The average molecular weight is 392 g/mol. The molecule has 28 heavy (non-hydrogen) atoms. The number of likely N-dealkylation sites (tertiary alicyclic amines) is 1. The third-order valence-corrected chi connectivity index (χ3v) is 5.24. The van der Waals surface area contributed by atoms with Gasteiger partial charge in [0.25, 0.3) is 5.91 Å². The molecule has 150 valence electrons. The highest BCUT2D eigenvalue weighted by atomic mass is 19.2. The topological polar surface area (TPSA) is 41.6 Å². The van der Waals surface area contributed by atoms with Crippen molar-refractivity contribution in [2.45, 2.75) is 18.9 Å². The summed E-state index contributed by atoms with van der Waals surface area (Å²) < 4.78 is 45.1. The molecule has 2 aromatic carbocycles. The number of carbonyl (C=O) groups is 1. The first-order chi connectivity index (χ1) is 13.4. The van der Waals surface area contributed by atoms with Crippen LogP contribution in [0.5, 0.6) is 5.75 Å². The van der Waals surface area contributed by atoms with E-state index in [1.165, 1.54) is 0 Å². The zero-order valence-electron chi connectivity index (χ0n) is 15.8. The summed E-state index contributed by atoms with van der Waals surface area (Å²) in [4.78, 5) is 14.5. The molecule has 7 heteroatoms. The zero-order chi connectivity index (χ0) is 20.3. The number of hydrogen-bond acceptors (Lipinski definition) is 3. The Morgan fingerprint density at radius 3 is 2.43 bits per heavy atom. The van der Waals surface area contributed by atoms with Crippen LogP contribution in [0.2, 0.25) is 0 Å². The molecule has 1 aliphatic heterocycles. The van der Waals surface area contributed by atoms with Crippen LogP contribution in [0.1, 0.15) is 34.8 Å². The molecular formula is C21H23F3N2O2. The van der Waals surface area contributed by atoms with E-state index in [4.69, 9.17) is 4.74 Å². The van der Waals surface area contributed by atoms with Crippen LogP contribution in [0.25, 0.3) is 0 Å². The third kappa shape index (κ3) is 4.30. The van der Waals surface area contributed by atoms with E-state index < -0.39 is 23.4 Å². The summed E-state index contributed by atoms with van der Waals surface area (Å²) in [6.07, 6.45) is 1.90. The maximum atomic E-state index is 13.4. The molecule has 1 amide bonds. The Balaban J connectivity index is 1.72. The Morgan fingerprint density at radius 2 is 1.82 bits per heavy atom. The van der Waals surface area contributed by atoms with Crippen molar-refractivity contribution in [3.63, 3.8) is 0 Å². The number of rotatable bonds is 5. The standard InChI is InChI=1S/C21H23F3N2O2/c1-26-9-3-4-14(20(26)13-5-7-16(28-2)8-6-13)12-25-21(27)15-10-17(22)19(24)18(23)11-15/h5-8,10-11,14,20H,3-4,9,12H2,1-2H3,(H,25,27). The first-order valence-corrected chi connectivity index (χ1v) is 9.17. The van der Waals surface area contributed by atoms with Crippen LogP contribution in [0.15, 0.2) is 36.4 Å². The van der Waals surface area contributed by atoms with E-state index in [2.05, 4.69) is 10.2 Å². The lowest BCUT2D eigenvalue weighted by molar-refractivity contribution is 0.0890. The van der Waals surface area contributed by atoms with Gasteiger partial charge in [-0.3, -0.25) is 9.69 Å². The second-order valence-corrected chi connectivity index (χ2v) is 7.06. The monoisotopic (exact) mass is 392 g/mol. The van der Waals surface area contributed by atoms with Crippen LogP contribution in [0, 0.1) is 23.4 Å². The molecule has 1 heterocycles. The summed E-state index contributed by atoms with van der Waals surface area (Å²) in [5.41, 5.74) is 0.877. The maximum absolute atomic E-state index is 13.4. The molecule has 2 aromatic rings. The summed E-state index contributed by atoms with van der Waals surface area (Å²) in [6.45, 7) is 1.29. The fourth-order valence-corrected chi connectivity index (χ4v) is 3.81. The second kappa shape index (κ2) is 8.65. The van der Waals surface area contributed by atoms with E-state index in [-0.39, 0.29) is 17.5 Å². The van der Waals surface area contributed by atoms with Gasteiger partial charge in [0.2, 0.25) is 0 Å². The Labute approximate surface area is 162 Å². The molecule has 0 aliphatic carbocycles. The molecule has 4 nitrogen and oxygen atoms in total. The van der Waals surface area contributed by atoms with Crippen LogP contribution >= 0.6 is 0 Å². The van der Waals surface area contributed by atoms with E-state index in [9.17, 15) is 18.0 Å². The largest absolute Gasteiger partial charge is 0.497 e. The van der Waals surface area contributed by atoms with Gasteiger partial charge in [0.15, 0.2) is 17.5 Å². The lowest BCUT2D eigenvalue weighted by atomic mass is 9.85. The van der Waals surface area contributed by atoms with Gasteiger partial charge in [-0.25, -0.2) is 13.2 Å². The number of nitrogens with zero attached hydrogens (tertiary/aromatic N) is 1. The fourth-order valence-electron chi connectivity index (χ4n) is 3.81. The third-order valence-electron chi connectivity index (χ3n) is 5.24. The summed E-state index contributed by atoms with van der Waals surface area (Å²) in [5.74, 6) is -4.06. The minimum absolute atomic E-state index is 0.0987. The molecule has 0 bridgehead atoms. The lowest BCUT2D eigenvalue weighted by Crippen LogP contribution is -2.41. The Hall–Kier alpha value is -2.54. The Kier molecular flexibility index (Phi) is 6.24. The second-order valence-electron chi connectivity index (χ2n) is 7.06. The molecule has 2 unspecified atom stereocenters. The van der Waals surface area contributed by atoms with Crippen molar-refractivity contribution in [3.8, 4) is 5.75 Å². The average Bonchev–Trinajstić information content (AvgIpc) is 2.70. The summed E-state index contributed by atoms with van der Waals surface area (Å²) in [7, 11) is 3.65. The van der Waals surface area contributed by atoms with Crippen molar-refractivity contribution in [2.24, 2.45) is 5.92 Å². The van der Waals surface area contributed by atoms with Crippen LogP contribution in [-0.2, 0) is 0 Å². The number of nitrogens with one attached hydrogen (secondary N) is 1. The van der Waals surface area contributed by atoms with Crippen molar-refractivity contribution in [3.05, 3.63) is 65.0 Å². The summed E-state index contributed by atoms with van der Waals surface area (Å²) in [6, 6.07) is 9.33. The van der Waals surface area contributed by atoms with E-state index in [0.29, 0.717) is 18.7 Å². The predicted octanol–water partition coefficient (Wildman–Crippen LogP) is 3.93. The van der Waals surface area contributed by atoms with Crippen molar-refractivity contribution in [1.82, 2.24) is 10.2 Å². The number of amides is 1. The Bertz CT molecular complexity index is 819. The number of carbonyl (C=O) groups excluding carboxylic acids is 1. The first kappa shape index (κ1) is 20.2. The summed E-state index contributed by atoms with van der Waals surface area (Å²) >= 11 is 0. The molecule has 1 saturated heterocycles. The van der Waals surface area contributed by atoms with Crippen molar-refractivity contribution in [2.75, 3.05) is 27.2 Å². The molecule has 0 spiro atoms. The minimum atomic E-state index is -1.58. The van der Waals surface area contributed by atoms with E-state index in [0.717, 1.165) is 30.7 Å². The van der Waals surface area contributed by atoms with Gasteiger partial charge in [-0.2, -0.15) is 0 Å². The first-order valence-electron chi connectivity index (χ1n) is 9.17. The van der Waals surface area contributed by atoms with Crippen molar-refractivity contribution < 1.29 is 22.7 Å². The molecular weight excluding hydrogens is 369 g/mol. The van der Waals surface area contributed by atoms with Gasteiger partial charge in [-0.1, -0.05) is 12.1 Å². The van der Waals surface area contributed by atoms with Gasteiger partial charge in [0.1, 0.15) is 5.75 Å². The van der Waals surface area contributed by atoms with E-state index >= 15 is 0 Å². The molecule has 3 rings (SSSR count). The number of piperidine rings is 1. The highest BCUT2D eigenvalue weighted by Gasteiger charge is 2.31. The van der Waals surface area contributed by atoms with Crippen LogP contribution in [0.4, 0.5) is 13.2 Å². The van der Waals surface area contributed by atoms with Gasteiger partial charge in [-0.05, 0) is 62.2 Å². The number of ether oxygens (including phenoxy) is 1. The normalized spacial score (nSPS) is 20.0. The van der Waals surface area contributed by atoms with Crippen LogP contribution in [0.3, 0.4) is 0 Å². The number of halogens is 3. The van der Waals surface area contributed by atoms with Gasteiger partial charge >= 0.3 is 0 Å². The van der Waals surface area contributed by atoms with Gasteiger partial charge < -0.3 is 10.1 Å². The molecule has 0 radical (unpaired) electrons. The quantitative estimate of drug-likeness (QED) is 0.784. The van der Waals surface area contributed by atoms with Crippen molar-refractivity contribution >= 4 is 5.91 Å². The van der Waals surface area contributed by atoms with Crippen molar-refractivity contribution in [1.29, 1.82) is 0 Å². The molecule has 1 N–H and O–H groups in total. The molecule has 0 saturated carbocycles. The fraction of sp³-hybridized carbons (Fsp3) is 0.381. The van der Waals surface area contributed by atoms with E-state index in [1.807, 2.05) is 31.3 Å². The highest BCUT2D eigenvalue weighted by molar-refractivity contribution is 5.94. The smallest absolute Gasteiger partial charge is 0.251 e. The van der Waals surface area contributed by atoms with Crippen LogP contribution < -0.4 is 10.1 Å². The predicted molar refractivity (Wildman–Crippen MR) is 99.7 cm³/mol.